The number of hydrogen-bond donors (Lipinski definition) is 1. The Kier molecular flexibility index (Phi) is 3.82. The molecule has 1 heterocycles. The number of aromatic nitrogens is 2. The maximum Gasteiger partial charge on any atom is 0.156 e. The molecule has 0 aliphatic rings. The van der Waals surface area contributed by atoms with Crippen molar-refractivity contribution >= 4 is 17.6 Å². The van der Waals surface area contributed by atoms with Gasteiger partial charge in [0.15, 0.2) is 5.82 Å². The lowest BCUT2D eigenvalue weighted by atomic mass is 10.2. The molecule has 17 heavy (non-hydrogen) atoms. The van der Waals surface area contributed by atoms with Gasteiger partial charge in [-0.15, -0.1) is 0 Å². The molecule has 5 heteroatoms. The summed E-state index contributed by atoms with van der Waals surface area (Å²) in [6.45, 7) is 0. The first-order chi connectivity index (χ1) is 8.31. The second kappa shape index (κ2) is 5.54. The molecule has 2 rings (SSSR count). The molecule has 88 valence electrons. The summed E-state index contributed by atoms with van der Waals surface area (Å²) in [6, 6.07) is 7.90. The Morgan fingerprint density at radius 2 is 2.00 bits per heavy atom. The third-order valence-electron chi connectivity index (χ3n) is 2.25. The van der Waals surface area contributed by atoms with Crippen LogP contribution in [0.3, 0.4) is 0 Å². The van der Waals surface area contributed by atoms with E-state index in [1.807, 2.05) is 24.3 Å². The van der Waals surface area contributed by atoms with E-state index < -0.39 is 0 Å². The predicted molar refractivity (Wildman–Crippen MR) is 69.0 cm³/mol. The SMILES string of the molecule is COc1ccccc1CSc1nccnc1N. The fourth-order valence-corrected chi connectivity index (χ4v) is 2.28. The lowest BCUT2D eigenvalue weighted by Gasteiger charge is -2.07. The summed E-state index contributed by atoms with van der Waals surface area (Å²) >= 11 is 1.55. The third kappa shape index (κ3) is 2.88. The van der Waals surface area contributed by atoms with Gasteiger partial charge in [0.25, 0.3) is 0 Å². The number of hydrogen-bond acceptors (Lipinski definition) is 5. The quantitative estimate of drug-likeness (QED) is 0.840. The molecular formula is C12H13N3OS. The van der Waals surface area contributed by atoms with Crippen LogP contribution in [-0.2, 0) is 5.75 Å². The fraction of sp³-hybridized carbons (Fsp3) is 0.167. The second-order valence-corrected chi connectivity index (χ2v) is 4.31. The number of methoxy groups -OCH3 is 1. The molecule has 0 saturated carbocycles. The van der Waals surface area contributed by atoms with Crippen molar-refractivity contribution in [1.82, 2.24) is 9.97 Å². The molecular weight excluding hydrogens is 234 g/mol. The van der Waals surface area contributed by atoms with Crippen LogP contribution in [0.1, 0.15) is 5.56 Å². The number of thioether (sulfide) groups is 1. The van der Waals surface area contributed by atoms with Crippen LogP contribution < -0.4 is 10.5 Å². The van der Waals surface area contributed by atoms with E-state index in [-0.39, 0.29) is 0 Å². The number of benzene rings is 1. The van der Waals surface area contributed by atoms with Crippen molar-refractivity contribution in [3.05, 3.63) is 42.2 Å². The van der Waals surface area contributed by atoms with Gasteiger partial charge >= 0.3 is 0 Å². The molecule has 0 radical (unpaired) electrons. The monoisotopic (exact) mass is 247 g/mol. The average Bonchev–Trinajstić information content (AvgIpc) is 2.38. The van der Waals surface area contributed by atoms with Crippen molar-refractivity contribution in [2.24, 2.45) is 0 Å². The van der Waals surface area contributed by atoms with E-state index in [0.29, 0.717) is 5.82 Å². The molecule has 0 spiro atoms. The Balaban J connectivity index is 2.10. The smallest absolute Gasteiger partial charge is 0.156 e. The van der Waals surface area contributed by atoms with Gasteiger partial charge in [0.1, 0.15) is 10.8 Å². The van der Waals surface area contributed by atoms with Gasteiger partial charge in [0.05, 0.1) is 7.11 Å². The van der Waals surface area contributed by atoms with Gasteiger partial charge in [-0.05, 0) is 6.07 Å². The van der Waals surface area contributed by atoms with E-state index in [0.717, 1.165) is 22.1 Å². The minimum Gasteiger partial charge on any atom is -0.496 e. The van der Waals surface area contributed by atoms with Crippen molar-refractivity contribution < 1.29 is 4.74 Å². The first-order valence-corrected chi connectivity index (χ1v) is 6.11. The molecule has 2 aromatic rings. The molecule has 0 atom stereocenters. The maximum absolute atomic E-state index is 5.73. The van der Waals surface area contributed by atoms with E-state index >= 15 is 0 Å². The number of nitrogens with zero attached hydrogens (tertiary/aromatic N) is 2. The van der Waals surface area contributed by atoms with Crippen molar-refractivity contribution in [3.63, 3.8) is 0 Å². The highest BCUT2D eigenvalue weighted by atomic mass is 32.2. The van der Waals surface area contributed by atoms with Crippen LogP contribution in [0.4, 0.5) is 5.82 Å². The van der Waals surface area contributed by atoms with E-state index in [1.165, 1.54) is 0 Å². The highest BCUT2D eigenvalue weighted by Gasteiger charge is 2.05. The Morgan fingerprint density at radius 1 is 1.24 bits per heavy atom. The first kappa shape index (κ1) is 11.7. The highest BCUT2D eigenvalue weighted by molar-refractivity contribution is 7.98. The van der Waals surface area contributed by atoms with Crippen molar-refractivity contribution in [3.8, 4) is 5.75 Å². The Morgan fingerprint density at radius 3 is 2.76 bits per heavy atom. The van der Waals surface area contributed by atoms with Crippen molar-refractivity contribution in [2.75, 3.05) is 12.8 Å². The molecule has 1 aromatic carbocycles. The summed E-state index contributed by atoms with van der Waals surface area (Å²) in [7, 11) is 1.67. The molecule has 0 aliphatic carbocycles. The summed E-state index contributed by atoms with van der Waals surface area (Å²) in [5.74, 6) is 2.10. The van der Waals surface area contributed by atoms with Crippen LogP contribution in [0.2, 0.25) is 0 Å². The van der Waals surface area contributed by atoms with E-state index in [2.05, 4.69) is 9.97 Å². The molecule has 4 nitrogen and oxygen atoms in total. The molecule has 1 aromatic heterocycles. The van der Waals surface area contributed by atoms with Gasteiger partial charge in [0, 0.05) is 23.7 Å². The van der Waals surface area contributed by atoms with Gasteiger partial charge in [0.2, 0.25) is 0 Å². The van der Waals surface area contributed by atoms with Crippen molar-refractivity contribution in [2.45, 2.75) is 10.8 Å². The molecule has 0 fully saturated rings. The summed E-state index contributed by atoms with van der Waals surface area (Å²) in [5, 5.41) is 0.749. The summed E-state index contributed by atoms with van der Waals surface area (Å²) < 4.78 is 5.28. The van der Waals surface area contributed by atoms with Gasteiger partial charge in [-0.3, -0.25) is 0 Å². The zero-order chi connectivity index (χ0) is 12.1. The minimum atomic E-state index is 0.465. The standard InChI is InChI=1S/C12H13N3OS/c1-16-10-5-3-2-4-9(10)8-17-12-11(13)14-6-7-15-12/h2-7H,8H2,1H3,(H2,13,14). The summed E-state index contributed by atoms with van der Waals surface area (Å²) in [5.41, 5.74) is 6.85. The fourth-order valence-electron chi connectivity index (χ4n) is 1.42. The number of ether oxygens (including phenoxy) is 1. The average molecular weight is 247 g/mol. The lowest BCUT2D eigenvalue weighted by Crippen LogP contribution is -1.95. The van der Waals surface area contributed by atoms with Crippen LogP contribution in [0.25, 0.3) is 0 Å². The molecule has 0 saturated heterocycles. The van der Waals surface area contributed by atoms with Crippen LogP contribution in [0, 0.1) is 0 Å². The molecule has 0 aliphatic heterocycles. The van der Waals surface area contributed by atoms with Crippen LogP contribution in [0.5, 0.6) is 5.75 Å². The number of para-hydroxylation sites is 1. The zero-order valence-corrected chi connectivity index (χ0v) is 10.3. The number of nitrogens with two attached hydrogens (primary N) is 1. The molecule has 0 unspecified atom stereocenters. The molecule has 2 N–H and O–H groups in total. The van der Waals surface area contributed by atoms with Gasteiger partial charge in [-0.2, -0.15) is 0 Å². The van der Waals surface area contributed by atoms with Crippen molar-refractivity contribution in [1.29, 1.82) is 0 Å². The number of nitrogen functional groups attached to an aromatic ring is 1. The second-order valence-electron chi connectivity index (χ2n) is 3.35. The van der Waals surface area contributed by atoms with E-state index in [1.54, 1.807) is 31.3 Å². The van der Waals surface area contributed by atoms with E-state index in [9.17, 15) is 0 Å². The number of anilines is 1. The zero-order valence-electron chi connectivity index (χ0n) is 9.46. The Bertz CT molecular complexity index is 505. The van der Waals surface area contributed by atoms with Crippen LogP contribution in [-0.4, -0.2) is 17.1 Å². The predicted octanol–water partition coefficient (Wildman–Crippen LogP) is 2.36. The maximum atomic E-state index is 5.73. The Hall–Kier alpha value is -1.75. The normalized spacial score (nSPS) is 10.2. The third-order valence-corrected chi connectivity index (χ3v) is 3.29. The van der Waals surface area contributed by atoms with Crippen LogP contribution in [0.15, 0.2) is 41.7 Å². The van der Waals surface area contributed by atoms with Gasteiger partial charge in [-0.25, -0.2) is 9.97 Å². The van der Waals surface area contributed by atoms with Gasteiger partial charge < -0.3 is 10.5 Å². The van der Waals surface area contributed by atoms with Crippen LogP contribution >= 0.6 is 11.8 Å². The largest absolute Gasteiger partial charge is 0.496 e. The van der Waals surface area contributed by atoms with E-state index in [4.69, 9.17) is 10.5 Å². The summed E-state index contributed by atoms with van der Waals surface area (Å²) in [4.78, 5) is 8.18. The van der Waals surface area contributed by atoms with Gasteiger partial charge in [-0.1, -0.05) is 30.0 Å². The highest BCUT2D eigenvalue weighted by Crippen LogP contribution is 2.28. The topological polar surface area (TPSA) is 61.0 Å². The molecule has 0 bridgehead atoms. The number of rotatable bonds is 4. The first-order valence-electron chi connectivity index (χ1n) is 5.12. The minimum absolute atomic E-state index is 0.465. The summed E-state index contributed by atoms with van der Waals surface area (Å²) in [6.07, 6.45) is 3.23. The Labute approximate surface area is 104 Å². The lowest BCUT2D eigenvalue weighted by molar-refractivity contribution is 0.411. The molecule has 0 amide bonds.